The van der Waals surface area contributed by atoms with Crippen LogP contribution >= 0.6 is 0 Å². The van der Waals surface area contributed by atoms with E-state index in [1.165, 1.54) is 153 Å². The molecule has 0 unspecified atom stereocenters. The molecule has 3 heteroatoms. The number of aliphatic hydroxyl groups is 1. The molecule has 0 amide bonds. The average Bonchev–Trinajstić information content (AvgIpc) is 2.75. The molecule has 0 aliphatic rings. The second-order valence-corrected chi connectivity index (χ2v) is 9.97. The fraction of sp³-hybridized carbons (Fsp3) is 1.00. The highest BCUT2D eigenvalue weighted by molar-refractivity contribution is 4.54. The fourth-order valence-electron chi connectivity index (χ4n) is 4.91. The largest absolute Gasteiger partial charge is 1.00 e. The molecule has 0 bridgehead atoms. The van der Waals surface area contributed by atoms with Gasteiger partial charge < -0.3 is 33.6 Å². The zero-order chi connectivity index (χ0) is 22.2. The van der Waals surface area contributed by atoms with Gasteiger partial charge in [0.2, 0.25) is 0 Å². The Morgan fingerprint density at radius 3 is 0.935 bits per heavy atom. The molecule has 0 saturated heterocycles. The van der Waals surface area contributed by atoms with E-state index in [9.17, 15) is 0 Å². The molecule has 0 rings (SSSR count). The number of halogens is 1. The SMILES string of the molecule is CCCCCCC[N+](CCCCCCC)(CCCCCCC)CCCCCCCO.[I-]. The molecule has 0 aromatic carbocycles. The summed E-state index contributed by atoms with van der Waals surface area (Å²) >= 11 is 0. The molecular weight excluding hydrogens is 493 g/mol. The van der Waals surface area contributed by atoms with Gasteiger partial charge >= 0.3 is 0 Å². The third-order valence-electron chi connectivity index (χ3n) is 7.00. The second-order valence-electron chi connectivity index (χ2n) is 9.97. The third kappa shape index (κ3) is 22.2. The van der Waals surface area contributed by atoms with E-state index in [0.717, 1.165) is 6.42 Å². The van der Waals surface area contributed by atoms with E-state index in [4.69, 9.17) is 5.11 Å². The van der Waals surface area contributed by atoms with Crippen LogP contribution in [0.25, 0.3) is 0 Å². The molecule has 0 aromatic rings. The van der Waals surface area contributed by atoms with Crippen LogP contribution < -0.4 is 24.0 Å². The first-order chi connectivity index (χ1) is 14.7. The first kappa shape index (κ1) is 33.8. The highest BCUT2D eigenvalue weighted by atomic mass is 127. The fourth-order valence-corrected chi connectivity index (χ4v) is 4.91. The quantitative estimate of drug-likeness (QED) is 0.0879. The Labute approximate surface area is 215 Å². The van der Waals surface area contributed by atoms with E-state index < -0.39 is 0 Å². The summed E-state index contributed by atoms with van der Waals surface area (Å²) < 4.78 is 1.42. The molecule has 0 radical (unpaired) electrons. The summed E-state index contributed by atoms with van der Waals surface area (Å²) in [7, 11) is 0. The predicted octanol–water partition coefficient (Wildman–Crippen LogP) is 5.66. The molecule has 0 aliphatic carbocycles. The van der Waals surface area contributed by atoms with Gasteiger partial charge in [0.15, 0.2) is 0 Å². The van der Waals surface area contributed by atoms with Crippen molar-refractivity contribution in [1.82, 2.24) is 0 Å². The lowest BCUT2D eigenvalue weighted by Crippen LogP contribution is -3.00. The molecule has 0 spiro atoms. The maximum Gasteiger partial charge on any atom is 0.0786 e. The standard InChI is InChI=1S/C28H60NO.HI/c1-4-7-10-14-19-24-29(25-20-15-11-8-5-2,26-21-16-12-9-6-3)27-22-17-13-18-23-28-30;/h30H,4-28H2,1-3H3;1H/q+1;/p-1. The van der Waals surface area contributed by atoms with Crippen molar-refractivity contribution in [3.63, 3.8) is 0 Å². The Morgan fingerprint density at radius 1 is 0.387 bits per heavy atom. The summed E-state index contributed by atoms with van der Waals surface area (Å²) in [5.41, 5.74) is 0. The number of nitrogens with zero attached hydrogens (tertiary/aromatic N) is 1. The van der Waals surface area contributed by atoms with Crippen molar-refractivity contribution in [2.45, 2.75) is 149 Å². The molecule has 1 N–H and O–H groups in total. The van der Waals surface area contributed by atoms with Gasteiger partial charge in [-0.25, -0.2) is 0 Å². The molecule has 0 saturated carbocycles. The third-order valence-corrected chi connectivity index (χ3v) is 7.00. The van der Waals surface area contributed by atoms with Crippen LogP contribution in [0.4, 0.5) is 0 Å². The van der Waals surface area contributed by atoms with Gasteiger partial charge in [-0.3, -0.25) is 0 Å². The van der Waals surface area contributed by atoms with Crippen molar-refractivity contribution in [1.29, 1.82) is 0 Å². The Hall–Kier alpha value is 0.650. The van der Waals surface area contributed by atoms with Crippen LogP contribution in [-0.2, 0) is 0 Å². The van der Waals surface area contributed by atoms with Crippen LogP contribution in [0.2, 0.25) is 0 Å². The minimum Gasteiger partial charge on any atom is -1.00 e. The highest BCUT2D eigenvalue weighted by Gasteiger charge is 2.25. The first-order valence-corrected chi connectivity index (χ1v) is 14.2. The molecule has 0 aliphatic heterocycles. The van der Waals surface area contributed by atoms with Crippen LogP contribution in [0.15, 0.2) is 0 Å². The van der Waals surface area contributed by atoms with Crippen LogP contribution in [-0.4, -0.2) is 42.4 Å². The second kappa shape index (κ2) is 26.9. The number of hydrogen-bond donors (Lipinski definition) is 1. The van der Waals surface area contributed by atoms with Gasteiger partial charge in [-0.1, -0.05) is 91.4 Å². The molecule has 190 valence electrons. The van der Waals surface area contributed by atoms with Gasteiger partial charge in [0.05, 0.1) is 26.2 Å². The lowest BCUT2D eigenvalue weighted by atomic mass is 10.1. The van der Waals surface area contributed by atoms with Gasteiger partial charge in [0.25, 0.3) is 0 Å². The molecule has 0 aromatic heterocycles. The molecule has 0 fully saturated rings. The highest BCUT2D eigenvalue weighted by Crippen LogP contribution is 2.20. The van der Waals surface area contributed by atoms with Gasteiger partial charge in [0.1, 0.15) is 0 Å². The maximum absolute atomic E-state index is 9.02. The summed E-state index contributed by atoms with van der Waals surface area (Å²) in [5.74, 6) is 0. The summed E-state index contributed by atoms with van der Waals surface area (Å²) in [6.45, 7) is 13.0. The summed E-state index contributed by atoms with van der Waals surface area (Å²) in [4.78, 5) is 0. The lowest BCUT2D eigenvalue weighted by molar-refractivity contribution is -0.929. The predicted molar refractivity (Wildman–Crippen MR) is 136 cm³/mol. The van der Waals surface area contributed by atoms with Crippen LogP contribution in [0.5, 0.6) is 0 Å². The molecule has 0 heterocycles. The van der Waals surface area contributed by atoms with E-state index in [2.05, 4.69) is 20.8 Å². The monoisotopic (exact) mass is 553 g/mol. The molecule has 0 atom stereocenters. The number of rotatable bonds is 25. The van der Waals surface area contributed by atoms with E-state index in [1.807, 2.05) is 0 Å². The van der Waals surface area contributed by atoms with Crippen molar-refractivity contribution in [3.8, 4) is 0 Å². The van der Waals surface area contributed by atoms with Gasteiger partial charge in [0, 0.05) is 6.61 Å². The summed E-state index contributed by atoms with van der Waals surface area (Å²) in [6, 6.07) is 0. The minimum atomic E-state index is 0. The van der Waals surface area contributed by atoms with Crippen LogP contribution in [0, 0.1) is 0 Å². The Kier molecular flexibility index (Phi) is 29.3. The number of unbranched alkanes of at least 4 members (excludes halogenated alkanes) is 16. The first-order valence-electron chi connectivity index (χ1n) is 14.2. The van der Waals surface area contributed by atoms with Crippen molar-refractivity contribution >= 4 is 0 Å². The summed E-state index contributed by atoms with van der Waals surface area (Å²) in [6.07, 6.45) is 27.5. The molecule has 2 nitrogen and oxygen atoms in total. The lowest BCUT2D eigenvalue weighted by Gasteiger charge is -2.39. The zero-order valence-corrected chi connectivity index (χ0v) is 24.1. The number of hydrogen-bond acceptors (Lipinski definition) is 1. The van der Waals surface area contributed by atoms with Gasteiger partial charge in [-0.15, -0.1) is 0 Å². The Balaban J connectivity index is 0. The van der Waals surface area contributed by atoms with Gasteiger partial charge in [-0.2, -0.15) is 0 Å². The summed E-state index contributed by atoms with van der Waals surface area (Å²) in [5, 5.41) is 9.02. The smallest absolute Gasteiger partial charge is 0.0786 e. The van der Waals surface area contributed by atoms with Crippen LogP contribution in [0.1, 0.15) is 149 Å². The number of aliphatic hydroxyl groups excluding tert-OH is 1. The molecular formula is C28H60INO. The average molecular weight is 554 g/mol. The zero-order valence-electron chi connectivity index (χ0n) is 22.0. The minimum absolute atomic E-state index is 0. The normalized spacial score (nSPS) is 11.6. The van der Waals surface area contributed by atoms with Gasteiger partial charge in [-0.05, 0) is 57.8 Å². The van der Waals surface area contributed by atoms with E-state index >= 15 is 0 Å². The topological polar surface area (TPSA) is 20.2 Å². The van der Waals surface area contributed by atoms with E-state index in [-0.39, 0.29) is 24.0 Å². The molecule has 31 heavy (non-hydrogen) atoms. The number of quaternary nitrogens is 1. The van der Waals surface area contributed by atoms with Crippen molar-refractivity contribution < 1.29 is 33.6 Å². The maximum atomic E-state index is 9.02. The van der Waals surface area contributed by atoms with Crippen molar-refractivity contribution in [3.05, 3.63) is 0 Å². The van der Waals surface area contributed by atoms with Crippen molar-refractivity contribution in [2.24, 2.45) is 0 Å². The van der Waals surface area contributed by atoms with E-state index in [0.29, 0.717) is 6.61 Å². The van der Waals surface area contributed by atoms with E-state index in [1.54, 1.807) is 0 Å². The van der Waals surface area contributed by atoms with Crippen LogP contribution in [0.3, 0.4) is 0 Å². The van der Waals surface area contributed by atoms with Crippen molar-refractivity contribution in [2.75, 3.05) is 32.8 Å². The Bertz CT molecular complexity index is 288. The Morgan fingerprint density at radius 2 is 0.645 bits per heavy atom.